The lowest BCUT2D eigenvalue weighted by molar-refractivity contribution is -0.0679. The fraction of sp³-hybridized carbons (Fsp3) is 0.941. The molecular weight excluding hydrogens is 419 g/mol. The number of aliphatic imine (C=N–C) groups is 1. The van der Waals surface area contributed by atoms with Gasteiger partial charge in [-0.05, 0) is 40.0 Å². The van der Waals surface area contributed by atoms with Crippen molar-refractivity contribution >= 4 is 29.9 Å². The molecule has 0 radical (unpaired) electrons. The second-order valence-electron chi connectivity index (χ2n) is 6.20. The maximum atomic E-state index is 5.76. The van der Waals surface area contributed by atoms with Crippen LogP contribution in [0.5, 0.6) is 0 Å². The topological polar surface area (TPSA) is 58.1 Å². The van der Waals surface area contributed by atoms with Gasteiger partial charge in [0.25, 0.3) is 0 Å². The second kappa shape index (κ2) is 15.2. The van der Waals surface area contributed by atoms with Crippen molar-refractivity contribution in [3.05, 3.63) is 0 Å². The number of unbranched alkanes of at least 4 members (excludes halogenated alkanes) is 1. The van der Waals surface area contributed by atoms with E-state index in [2.05, 4.69) is 34.4 Å². The highest BCUT2D eigenvalue weighted by Gasteiger charge is 2.21. The Morgan fingerprint density at radius 2 is 1.75 bits per heavy atom. The molecule has 6 nitrogen and oxygen atoms in total. The molecule has 24 heavy (non-hydrogen) atoms. The van der Waals surface area contributed by atoms with Gasteiger partial charge in [-0.15, -0.1) is 24.0 Å². The zero-order chi connectivity index (χ0) is 16.9. The normalized spacial score (nSPS) is 22.1. The van der Waals surface area contributed by atoms with E-state index in [1.54, 1.807) is 0 Å². The molecule has 1 saturated heterocycles. The van der Waals surface area contributed by atoms with Crippen LogP contribution in [0.4, 0.5) is 0 Å². The van der Waals surface area contributed by atoms with Crippen molar-refractivity contribution in [1.29, 1.82) is 0 Å². The fourth-order valence-corrected chi connectivity index (χ4v) is 2.88. The van der Waals surface area contributed by atoms with E-state index in [4.69, 9.17) is 9.47 Å². The molecule has 0 spiro atoms. The number of guanidine groups is 1. The Kier molecular flexibility index (Phi) is 15.1. The van der Waals surface area contributed by atoms with Crippen molar-refractivity contribution in [2.75, 3.05) is 53.0 Å². The van der Waals surface area contributed by atoms with E-state index in [-0.39, 0.29) is 24.0 Å². The van der Waals surface area contributed by atoms with Crippen molar-refractivity contribution < 1.29 is 9.47 Å². The summed E-state index contributed by atoms with van der Waals surface area (Å²) in [7, 11) is 1.82. The van der Waals surface area contributed by atoms with Crippen molar-refractivity contribution in [2.45, 2.75) is 52.2 Å². The third kappa shape index (κ3) is 11.4. The Hall–Kier alpha value is -0.120. The number of rotatable bonds is 10. The molecular formula is C17H37IN4O2. The molecule has 0 aromatic carbocycles. The Balaban J connectivity index is 0.00000529. The fourth-order valence-electron chi connectivity index (χ4n) is 2.88. The largest absolute Gasteiger partial charge is 0.382 e. The minimum atomic E-state index is 0. The van der Waals surface area contributed by atoms with Crippen LogP contribution in [0.25, 0.3) is 0 Å². The van der Waals surface area contributed by atoms with Crippen LogP contribution in [0.15, 0.2) is 4.99 Å². The Labute approximate surface area is 165 Å². The molecule has 7 heteroatoms. The molecule has 1 rings (SSSR count). The molecule has 0 saturated carbocycles. The molecule has 0 aromatic heterocycles. The Morgan fingerprint density at radius 3 is 2.33 bits per heavy atom. The van der Waals surface area contributed by atoms with E-state index < -0.39 is 0 Å². The number of nitrogens with zero attached hydrogens (tertiary/aromatic N) is 2. The van der Waals surface area contributed by atoms with Gasteiger partial charge in [-0.3, -0.25) is 9.89 Å². The summed E-state index contributed by atoms with van der Waals surface area (Å²) in [6.07, 6.45) is 4.00. The van der Waals surface area contributed by atoms with Crippen LogP contribution in [0.1, 0.15) is 40.0 Å². The first kappa shape index (κ1) is 23.9. The summed E-state index contributed by atoms with van der Waals surface area (Å²) < 4.78 is 11.1. The summed E-state index contributed by atoms with van der Waals surface area (Å²) in [5, 5.41) is 6.73. The lowest BCUT2D eigenvalue weighted by atomic mass is 10.2. The van der Waals surface area contributed by atoms with Crippen LogP contribution in [0.2, 0.25) is 0 Å². The second-order valence-corrected chi connectivity index (χ2v) is 6.20. The average Bonchev–Trinajstić information content (AvgIpc) is 2.51. The molecule has 1 fully saturated rings. The molecule has 144 valence electrons. The molecule has 0 aromatic rings. The molecule has 1 heterocycles. The SMILES string of the molecule is CCOCCCCNC(=NC)NCCCN1CC(C)OC(C)C1.I. The van der Waals surface area contributed by atoms with Crippen LogP contribution >= 0.6 is 24.0 Å². The zero-order valence-corrected chi connectivity index (χ0v) is 18.2. The summed E-state index contributed by atoms with van der Waals surface area (Å²) in [4.78, 5) is 6.75. The van der Waals surface area contributed by atoms with Gasteiger partial charge in [-0.2, -0.15) is 0 Å². The van der Waals surface area contributed by atoms with E-state index in [0.717, 1.165) is 71.2 Å². The van der Waals surface area contributed by atoms with Gasteiger partial charge in [0.2, 0.25) is 0 Å². The van der Waals surface area contributed by atoms with Gasteiger partial charge in [0.1, 0.15) is 0 Å². The lowest BCUT2D eigenvalue weighted by Gasteiger charge is -2.35. The summed E-state index contributed by atoms with van der Waals surface area (Å²) in [6.45, 7) is 13.0. The third-order valence-electron chi connectivity index (χ3n) is 3.87. The standard InChI is InChI=1S/C17H36N4O2.HI/c1-5-22-12-7-6-9-19-17(18-4)20-10-8-11-21-13-15(2)23-16(3)14-21;/h15-16H,5-14H2,1-4H3,(H2,18,19,20);1H. The maximum absolute atomic E-state index is 5.76. The van der Waals surface area contributed by atoms with Gasteiger partial charge in [0.05, 0.1) is 12.2 Å². The predicted molar refractivity (Wildman–Crippen MR) is 112 cm³/mol. The first-order chi connectivity index (χ1) is 11.2. The minimum absolute atomic E-state index is 0. The summed E-state index contributed by atoms with van der Waals surface area (Å²) in [5.74, 6) is 0.894. The molecule has 2 atom stereocenters. The predicted octanol–water partition coefficient (Wildman–Crippen LogP) is 2.09. The minimum Gasteiger partial charge on any atom is -0.382 e. The molecule has 2 N–H and O–H groups in total. The summed E-state index contributed by atoms with van der Waals surface area (Å²) in [6, 6.07) is 0. The van der Waals surface area contributed by atoms with E-state index in [0.29, 0.717) is 12.2 Å². The molecule has 0 bridgehead atoms. The third-order valence-corrected chi connectivity index (χ3v) is 3.87. The van der Waals surface area contributed by atoms with Crippen LogP contribution in [-0.4, -0.2) is 76.1 Å². The van der Waals surface area contributed by atoms with Crippen LogP contribution in [0.3, 0.4) is 0 Å². The Morgan fingerprint density at radius 1 is 1.12 bits per heavy atom. The van der Waals surface area contributed by atoms with Crippen LogP contribution in [0, 0.1) is 0 Å². The molecule has 1 aliphatic rings. The van der Waals surface area contributed by atoms with Gasteiger partial charge < -0.3 is 20.1 Å². The first-order valence-corrected chi connectivity index (χ1v) is 9.05. The number of hydrogen-bond acceptors (Lipinski definition) is 4. The van der Waals surface area contributed by atoms with Gasteiger partial charge in [-0.25, -0.2) is 0 Å². The molecule has 0 aliphatic carbocycles. The maximum Gasteiger partial charge on any atom is 0.190 e. The van der Waals surface area contributed by atoms with Gasteiger partial charge in [0, 0.05) is 53.0 Å². The zero-order valence-electron chi connectivity index (χ0n) is 15.8. The highest BCUT2D eigenvalue weighted by Crippen LogP contribution is 2.10. The number of nitrogens with one attached hydrogen (secondary N) is 2. The summed E-state index contributed by atoms with van der Waals surface area (Å²) >= 11 is 0. The smallest absolute Gasteiger partial charge is 0.190 e. The highest BCUT2D eigenvalue weighted by molar-refractivity contribution is 14.0. The van der Waals surface area contributed by atoms with Crippen molar-refractivity contribution in [2.24, 2.45) is 4.99 Å². The van der Waals surface area contributed by atoms with Crippen LogP contribution < -0.4 is 10.6 Å². The van der Waals surface area contributed by atoms with Gasteiger partial charge in [0.15, 0.2) is 5.96 Å². The monoisotopic (exact) mass is 456 g/mol. The van der Waals surface area contributed by atoms with Crippen molar-refractivity contribution in [3.8, 4) is 0 Å². The number of hydrogen-bond donors (Lipinski definition) is 2. The van der Waals surface area contributed by atoms with Gasteiger partial charge >= 0.3 is 0 Å². The lowest BCUT2D eigenvalue weighted by Crippen LogP contribution is -2.46. The molecule has 2 unspecified atom stereocenters. The Bertz CT molecular complexity index is 322. The summed E-state index contributed by atoms with van der Waals surface area (Å²) in [5.41, 5.74) is 0. The highest BCUT2D eigenvalue weighted by atomic mass is 127. The van der Waals surface area contributed by atoms with Gasteiger partial charge in [-0.1, -0.05) is 0 Å². The van der Waals surface area contributed by atoms with Crippen molar-refractivity contribution in [1.82, 2.24) is 15.5 Å². The van der Waals surface area contributed by atoms with E-state index in [9.17, 15) is 0 Å². The number of morpholine rings is 1. The van der Waals surface area contributed by atoms with E-state index >= 15 is 0 Å². The number of ether oxygens (including phenoxy) is 2. The molecule has 0 amide bonds. The van der Waals surface area contributed by atoms with Crippen molar-refractivity contribution in [3.63, 3.8) is 0 Å². The molecule has 1 aliphatic heterocycles. The van der Waals surface area contributed by atoms with Crippen LogP contribution in [-0.2, 0) is 9.47 Å². The van der Waals surface area contributed by atoms with E-state index in [1.807, 2.05) is 14.0 Å². The quantitative estimate of drug-likeness (QED) is 0.228. The number of halogens is 1. The van der Waals surface area contributed by atoms with E-state index in [1.165, 1.54) is 0 Å². The first-order valence-electron chi connectivity index (χ1n) is 9.05. The average molecular weight is 456 g/mol.